The standard InChI is InChI=1S/C24H25N3O5/c1-27(21(22(25)28)20-13-15-31-26-20)14-12-19(16-27)32-23(29)24(30,17-8-4-2-5-9-17)18-10-6-3-7-11-18/h2-11,13,15,19,21,30H,12,14,16H2,1H3,(H-,25,28)/p+1. The normalized spacial score (nSPS) is 21.8. The number of aromatic nitrogens is 1. The number of amides is 1. The van der Waals surface area contributed by atoms with Gasteiger partial charge in [-0.2, -0.15) is 0 Å². The number of likely N-dealkylation sites (N-methyl/N-ethyl adjacent to an activating group) is 1. The molecule has 0 radical (unpaired) electrons. The van der Waals surface area contributed by atoms with E-state index >= 15 is 0 Å². The minimum absolute atomic E-state index is 0.231. The van der Waals surface area contributed by atoms with Gasteiger partial charge in [0.15, 0.2) is 11.8 Å². The van der Waals surface area contributed by atoms with Crippen molar-refractivity contribution in [2.75, 3.05) is 20.1 Å². The fourth-order valence-electron chi connectivity index (χ4n) is 4.55. The van der Waals surface area contributed by atoms with Crippen LogP contribution >= 0.6 is 0 Å². The highest BCUT2D eigenvalue weighted by Crippen LogP contribution is 2.35. The highest BCUT2D eigenvalue weighted by atomic mass is 16.6. The van der Waals surface area contributed by atoms with Crippen LogP contribution in [0.15, 0.2) is 77.5 Å². The number of rotatable bonds is 7. The first-order chi connectivity index (χ1) is 15.3. The molecule has 0 aliphatic carbocycles. The Labute approximate surface area is 185 Å². The first-order valence-corrected chi connectivity index (χ1v) is 10.4. The summed E-state index contributed by atoms with van der Waals surface area (Å²) in [7, 11) is 1.87. The molecule has 8 nitrogen and oxygen atoms in total. The van der Waals surface area contributed by atoms with Crippen LogP contribution in [0.2, 0.25) is 0 Å². The van der Waals surface area contributed by atoms with Gasteiger partial charge in [-0.25, -0.2) is 4.79 Å². The van der Waals surface area contributed by atoms with Crippen LogP contribution in [0.25, 0.3) is 0 Å². The molecule has 2 heterocycles. The number of ether oxygens (including phenoxy) is 1. The first-order valence-electron chi connectivity index (χ1n) is 10.4. The lowest BCUT2D eigenvalue weighted by Gasteiger charge is -2.35. The molecule has 3 aromatic rings. The molecule has 0 spiro atoms. The summed E-state index contributed by atoms with van der Waals surface area (Å²) in [5.74, 6) is -1.29. The quantitative estimate of drug-likeness (QED) is 0.432. The zero-order valence-electron chi connectivity index (χ0n) is 17.8. The van der Waals surface area contributed by atoms with Crippen LogP contribution in [0.1, 0.15) is 29.3 Å². The number of carbonyl (C=O) groups excluding carboxylic acids is 2. The average Bonchev–Trinajstić information content (AvgIpc) is 3.44. The molecule has 4 rings (SSSR count). The van der Waals surface area contributed by atoms with E-state index in [9.17, 15) is 14.7 Å². The Bertz CT molecular complexity index is 1030. The van der Waals surface area contributed by atoms with Gasteiger partial charge in [0.05, 0.1) is 13.6 Å². The Morgan fingerprint density at radius 1 is 1.12 bits per heavy atom. The maximum atomic E-state index is 13.4. The number of primary amides is 1. The number of quaternary nitrogens is 1. The molecule has 0 bridgehead atoms. The second-order valence-corrected chi connectivity index (χ2v) is 8.37. The van der Waals surface area contributed by atoms with E-state index < -0.39 is 29.6 Å². The maximum absolute atomic E-state index is 13.4. The zero-order valence-corrected chi connectivity index (χ0v) is 17.8. The minimum atomic E-state index is -1.95. The Morgan fingerprint density at radius 3 is 2.22 bits per heavy atom. The second kappa shape index (κ2) is 8.57. The van der Waals surface area contributed by atoms with Gasteiger partial charge in [-0.3, -0.25) is 4.79 Å². The Balaban J connectivity index is 1.58. The summed E-state index contributed by atoms with van der Waals surface area (Å²) < 4.78 is 11.0. The van der Waals surface area contributed by atoms with Crippen LogP contribution in [-0.2, 0) is 19.9 Å². The van der Waals surface area contributed by atoms with E-state index in [1.54, 1.807) is 54.6 Å². The number of nitrogens with zero attached hydrogens (tertiary/aromatic N) is 2. The minimum Gasteiger partial charge on any atom is -0.453 e. The third kappa shape index (κ3) is 3.90. The molecule has 1 aliphatic rings. The summed E-state index contributed by atoms with van der Waals surface area (Å²) in [5.41, 5.74) is 5.00. The van der Waals surface area contributed by atoms with Crippen LogP contribution < -0.4 is 5.73 Å². The number of carbonyl (C=O) groups is 2. The predicted molar refractivity (Wildman–Crippen MR) is 115 cm³/mol. The molecule has 0 saturated carbocycles. The lowest BCUT2D eigenvalue weighted by molar-refractivity contribution is -0.920. The van der Waals surface area contributed by atoms with Gasteiger partial charge in [-0.1, -0.05) is 65.8 Å². The molecule has 3 atom stereocenters. The van der Waals surface area contributed by atoms with Gasteiger partial charge in [0, 0.05) is 12.5 Å². The van der Waals surface area contributed by atoms with Gasteiger partial charge in [-0.05, 0) is 11.1 Å². The molecule has 1 aliphatic heterocycles. The number of hydrogen-bond acceptors (Lipinski definition) is 6. The first kappa shape index (κ1) is 21.7. The molecule has 1 aromatic heterocycles. The fraction of sp³-hybridized carbons (Fsp3) is 0.292. The van der Waals surface area contributed by atoms with Crippen molar-refractivity contribution in [3.63, 3.8) is 0 Å². The van der Waals surface area contributed by atoms with Crippen LogP contribution in [0, 0.1) is 0 Å². The number of benzene rings is 2. The van der Waals surface area contributed by atoms with Crippen LogP contribution in [0.5, 0.6) is 0 Å². The van der Waals surface area contributed by atoms with E-state index in [2.05, 4.69) is 5.16 Å². The Hall–Kier alpha value is -3.49. The molecule has 1 saturated heterocycles. The van der Waals surface area contributed by atoms with Crippen molar-refractivity contribution in [2.24, 2.45) is 5.73 Å². The summed E-state index contributed by atoms with van der Waals surface area (Å²) in [6.45, 7) is 0.902. The molecule has 3 N–H and O–H groups in total. The van der Waals surface area contributed by atoms with E-state index in [4.69, 9.17) is 15.0 Å². The zero-order chi connectivity index (χ0) is 22.8. The van der Waals surface area contributed by atoms with Gasteiger partial charge in [-0.15, -0.1) is 0 Å². The summed E-state index contributed by atoms with van der Waals surface area (Å²) in [5, 5.41) is 15.5. The van der Waals surface area contributed by atoms with Crippen molar-refractivity contribution in [1.29, 1.82) is 0 Å². The largest absolute Gasteiger partial charge is 0.453 e. The van der Waals surface area contributed by atoms with Crippen molar-refractivity contribution in [2.45, 2.75) is 24.2 Å². The lowest BCUT2D eigenvalue weighted by atomic mass is 9.86. The van der Waals surface area contributed by atoms with Crippen LogP contribution in [0.3, 0.4) is 0 Å². The summed E-state index contributed by atoms with van der Waals surface area (Å²) in [6.07, 6.45) is 1.41. The second-order valence-electron chi connectivity index (χ2n) is 8.37. The molecule has 1 fully saturated rings. The van der Waals surface area contributed by atoms with Gasteiger partial charge < -0.3 is 24.6 Å². The SMILES string of the molecule is C[N+]1(C(C(N)=O)c2ccon2)CCC(OC(=O)C(O)(c2ccccc2)c2ccccc2)C1. The van der Waals surface area contributed by atoms with E-state index in [0.717, 1.165) is 0 Å². The molecule has 32 heavy (non-hydrogen) atoms. The molecular weight excluding hydrogens is 410 g/mol. The maximum Gasteiger partial charge on any atom is 0.348 e. The van der Waals surface area contributed by atoms with Crippen molar-refractivity contribution in [3.8, 4) is 0 Å². The van der Waals surface area contributed by atoms with Crippen LogP contribution in [-0.4, -0.2) is 52.9 Å². The average molecular weight is 436 g/mol. The molecular formula is C24H26N3O5+. The Kier molecular flexibility index (Phi) is 5.82. The monoisotopic (exact) mass is 436 g/mol. The van der Waals surface area contributed by atoms with E-state index in [1.807, 2.05) is 19.2 Å². The third-order valence-corrected chi connectivity index (χ3v) is 6.17. The highest BCUT2D eigenvalue weighted by molar-refractivity contribution is 5.85. The summed E-state index contributed by atoms with van der Waals surface area (Å²) in [4.78, 5) is 25.6. The van der Waals surface area contributed by atoms with Crippen molar-refractivity contribution in [1.82, 2.24) is 5.16 Å². The van der Waals surface area contributed by atoms with E-state index in [0.29, 0.717) is 36.3 Å². The van der Waals surface area contributed by atoms with Crippen molar-refractivity contribution in [3.05, 3.63) is 89.8 Å². The molecule has 166 valence electrons. The summed E-state index contributed by atoms with van der Waals surface area (Å²) in [6, 6.07) is 18.3. The van der Waals surface area contributed by atoms with Crippen molar-refractivity contribution >= 4 is 11.9 Å². The van der Waals surface area contributed by atoms with Gasteiger partial charge in [0.2, 0.25) is 11.6 Å². The smallest absolute Gasteiger partial charge is 0.348 e. The number of likely N-dealkylation sites (tertiary alicyclic amines) is 1. The topological polar surface area (TPSA) is 116 Å². The Morgan fingerprint density at radius 2 is 1.72 bits per heavy atom. The van der Waals surface area contributed by atoms with Crippen molar-refractivity contribution < 1.29 is 28.4 Å². The number of aliphatic hydroxyl groups is 1. The van der Waals surface area contributed by atoms with Gasteiger partial charge in [0.25, 0.3) is 5.91 Å². The number of nitrogens with two attached hydrogens (primary N) is 1. The molecule has 2 aromatic carbocycles. The number of hydrogen-bond donors (Lipinski definition) is 2. The molecule has 8 heteroatoms. The number of esters is 1. The van der Waals surface area contributed by atoms with E-state index in [-0.39, 0.29) is 4.48 Å². The van der Waals surface area contributed by atoms with Gasteiger partial charge >= 0.3 is 5.97 Å². The lowest BCUT2D eigenvalue weighted by Crippen LogP contribution is -2.51. The molecule has 1 amide bonds. The van der Waals surface area contributed by atoms with Gasteiger partial charge in [0.1, 0.15) is 12.8 Å². The van der Waals surface area contributed by atoms with E-state index in [1.165, 1.54) is 6.26 Å². The summed E-state index contributed by atoms with van der Waals surface area (Å²) >= 11 is 0. The highest BCUT2D eigenvalue weighted by Gasteiger charge is 2.49. The third-order valence-electron chi connectivity index (χ3n) is 6.17. The fourth-order valence-corrected chi connectivity index (χ4v) is 4.55. The predicted octanol–water partition coefficient (Wildman–Crippen LogP) is 1.90. The molecule has 3 unspecified atom stereocenters. The van der Waals surface area contributed by atoms with Crippen LogP contribution in [0.4, 0.5) is 0 Å².